The Kier molecular flexibility index (Phi) is 15.9. The minimum absolute atomic E-state index is 0. The van der Waals surface area contributed by atoms with Gasteiger partial charge >= 0.3 is 21.7 Å². The van der Waals surface area contributed by atoms with Gasteiger partial charge in [-0.2, -0.15) is 101 Å². The van der Waals surface area contributed by atoms with Crippen LogP contribution in [-0.4, -0.2) is 8.07 Å². The van der Waals surface area contributed by atoms with Crippen molar-refractivity contribution < 1.29 is 21.7 Å². The zero-order valence-electron chi connectivity index (χ0n) is 29.9. The Hall–Kier alpha value is -4.79. The predicted octanol–water partition coefficient (Wildman–Crippen LogP) is 9.62. The molecule has 0 spiro atoms. The second-order valence-electron chi connectivity index (χ2n) is 12.2. The molecule has 0 N–H and O–H groups in total. The first-order valence-corrected chi connectivity index (χ1v) is 18.8. The van der Waals surface area contributed by atoms with Gasteiger partial charge in [0.25, 0.3) is 0 Å². The number of benzene rings is 6. The van der Waals surface area contributed by atoms with E-state index < -0.39 is 8.07 Å². The van der Waals surface area contributed by atoms with Crippen molar-refractivity contribution in [2.75, 3.05) is 0 Å². The number of rotatable bonds is 4. The Morgan fingerprint density at radius 3 is 0.800 bits per heavy atom. The monoisotopic (exact) mass is 700 g/mol. The summed E-state index contributed by atoms with van der Waals surface area (Å²) >= 11 is 0. The normalized spacial score (nSPS) is 10.1. The van der Waals surface area contributed by atoms with Crippen molar-refractivity contribution in [1.29, 1.82) is 0 Å². The molecule has 0 aliphatic heterocycles. The Morgan fingerprint density at radius 2 is 0.620 bits per heavy atom. The van der Waals surface area contributed by atoms with Crippen LogP contribution < -0.4 is 20.7 Å². The van der Waals surface area contributed by atoms with Gasteiger partial charge < -0.3 is 0 Å². The van der Waals surface area contributed by atoms with E-state index >= 15 is 0 Å². The van der Waals surface area contributed by atoms with Crippen molar-refractivity contribution in [2.45, 2.75) is 27.7 Å². The van der Waals surface area contributed by atoms with Crippen LogP contribution in [0, 0.1) is 48.5 Å². The summed E-state index contributed by atoms with van der Waals surface area (Å²) in [7, 11) is -2.40. The molecule has 7 aromatic rings. The second-order valence-corrected chi connectivity index (χ2v) is 15.9. The standard InChI is InChI=1S/C27H27Si.3C7H7.Ti/c1-20-21(2)23(4)27(22(20)3)28(24-14-8-5-9-15-24,25-16-10-6-11-17-25)26-18-12-7-13-19-26;3*1-7-5-3-2-4-6-7;/h5-19H,1-4H3;3*2-6H,1H2;/q4*-1;+4. The van der Waals surface area contributed by atoms with Crippen LogP contribution in [0.25, 0.3) is 0 Å². The Bertz CT molecular complexity index is 1720. The van der Waals surface area contributed by atoms with Gasteiger partial charge in [0, 0.05) is 0 Å². The molecular formula is C48H48SiTi. The van der Waals surface area contributed by atoms with Crippen LogP contribution in [0.15, 0.2) is 182 Å². The van der Waals surface area contributed by atoms with Gasteiger partial charge in [-0.25, -0.2) is 0 Å². The van der Waals surface area contributed by atoms with Gasteiger partial charge in [-0.05, 0) is 15.6 Å². The third-order valence-corrected chi connectivity index (χ3v) is 14.1. The zero-order chi connectivity index (χ0) is 35.1. The molecular weight excluding hydrogens is 652 g/mol. The summed E-state index contributed by atoms with van der Waals surface area (Å²) < 4.78 is 0. The second kappa shape index (κ2) is 20.0. The average molecular weight is 701 g/mol. The van der Waals surface area contributed by atoms with Crippen LogP contribution in [-0.2, 0) is 21.7 Å². The van der Waals surface area contributed by atoms with Gasteiger partial charge in [0.2, 0.25) is 0 Å². The molecule has 0 aliphatic rings. The fourth-order valence-corrected chi connectivity index (χ4v) is 11.7. The minimum Gasteiger partial charge on any atom is -0.199 e. The van der Waals surface area contributed by atoms with Crippen molar-refractivity contribution in [3.63, 3.8) is 0 Å². The first-order valence-electron chi connectivity index (χ1n) is 16.8. The van der Waals surface area contributed by atoms with Crippen LogP contribution in [0.3, 0.4) is 0 Å². The molecule has 0 fully saturated rings. The Morgan fingerprint density at radius 1 is 0.380 bits per heavy atom. The molecule has 7 aromatic carbocycles. The van der Waals surface area contributed by atoms with Gasteiger partial charge in [0.05, 0.1) is 0 Å². The molecule has 0 nitrogen and oxygen atoms in total. The van der Waals surface area contributed by atoms with Gasteiger partial charge in [-0.1, -0.05) is 137 Å². The summed E-state index contributed by atoms with van der Waals surface area (Å²) in [5.74, 6) is 0. The van der Waals surface area contributed by atoms with Crippen molar-refractivity contribution in [2.24, 2.45) is 0 Å². The fraction of sp³-hybridized carbons (Fsp3) is 0.0833. The molecule has 0 atom stereocenters. The fourth-order valence-electron chi connectivity index (χ4n) is 6.21. The van der Waals surface area contributed by atoms with E-state index in [1.807, 2.05) is 91.0 Å². The maximum Gasteiger partial charge on any atom is 4.00 e. The van der Waals surface area contributed by atoms with E-state index in [1.54, 1.807) is 5.19 Å². The molecule has 7 rings (SSSR count). The van der Waals surface area contributed by atoms with E-state index in [0.29, 0.717) is 0 Å². The number of hydrogen-bond donors (Lipinski definition) is 0. The summed E-state index contributed by atoms with van der Waals surface area (Å²) in [6, 6.07) is 63.2. The molecule has 0 saturated carbocycles. The van der Waals surface area contributed by atoms with Crippen LogP contribution in [0.4, 0.5) is 0 Å². The third-order valence-electron chi connectivity index (χ3n) is 8.96. The third kappa shape index (κ3) is 10.1. The van der Waals surface area contributed by atoms with Crippen LogP contribution in [0.2, 0.25) is 0 Å². The van der Waals surface area contributed by atoms with E-state index in [1.165, 1.54) is 37.8 Å². The summed E-state index contributed by atoms with van der Waals surface area (Å²) in [4.78, 5) is 0. The summed E-state index contributed by atoms with van der Waals surface area (Å²) in [6.45, 7) is 20.4. The number of hydrogen-bond acceptors (Lipinski definition) is 0. The van der Waals surface area contributed by atoms with Crippen molar-refractivity contribution in [3.05, 3.63) is 242 Å². The molecule has 0 bridgehead atoms. The van der Waals surface area contributed by atoms with Gasteiger partial charge in [0.1, 0.15) is 0 Å². The maximum absolute atomic E-state index is 3.72. The summed E-state index contributed by atoms with van der Waals surface area (Å²) in [5.41, 5.74) is 9.00. The van der Waals surface area contributed by atoms with Crippen molar-refractivity contribution in [1.82, 2.24) is 0 Å². The van der Waals surface area contributed by atoms with Crippen LogP contribution >= 0.6 is 0 Å². The molecule has 0 radical (unpaired) electrons. The first kappa shape index (κ1) is 39.6. The average Bonchev–Trinajstić information content (AvgIpc) is 3.34. The van der Waals surface area contributed by atoms with Crippen LogP contribution in [0.5, 0.6) is 0 Å². The topological polar surface area (TPSA) is 0 Å². The SMILES string of the molecule is Cc1c(C)c([Si](c2ccccc2)(c2ccccc2)c2ccccc2)[c-](C)c1C.[CH2-]c1ccccc1.[CH2-]c1ccccc1.[CH2-]c1ccccc1.[Ti+4]. The van der Waals surface area contributed by atoms with E-state index in [0.717, 1.165) is 16.7 Å². The largest absolute Gasteiger partial charge is 4.00 e. The van der Waals surface area contributed by atoms with E-state index in [-0.39, 0.29) is 21.7 Å². The van der Waals surface area contributed by atoms with E-state index in [2.05, 4.69) is 139 Å². The van der Waals surface area contributed by atoms with Crippen LogP contribution in [0.1, 0.15) is 38.9 Å². The van der Waals surface area contributed by atoms with Crippen molar-refractivity contribution >= 4 is 28.8 Å². The maximum atomic E-state index is 3.72. The summed E-state index contributed by atoms with van der Waals surface area (Å²) in [5, 5.41) is 5.90. The molecule has 0 amide bonds. The van der Waals surface area contributed by atoms with E-state index in [4.69, 9.17) is 0 Å². The molecule has 0 aliphatic carbocycles. The molecule has 248 valence electrons. The molecule has 2 heteroatoms. The smallest absolute Gasteiger partial charge is 0.199 e. The molecule has 0 heterocycles. The van der Waals surface area contributed by atoms with Gasteiger partial charge in [0.15, 0.2) is 8.07 Å². The van der Waals surface area contributed by atoms with E-state index in [9.17, 15) is 0 Å². The Balaban J connectivity index is 0.000000247. The zero-order valence-corrected chi connectivity index (χ0v) is 32.5. The van der Waals surface area contributed by atoms with Crippen molar-refractivity contribution in [3.8, 4) is 0 Å². The Labute approximate surface area is 318 Å². The van der Waals surface area contributed by atoms with Gasteiger partial charge in [-0.15, -0.1) is 36.4 Å². The first-order chi connectivity index (χ1) is 23.8. The molecule has 0 saturated heterocycles. The predicted molar refractivity (Wildman–Crippen MR) is 217 cm³/mol. The molecule has 0 unspecified atom stereocenters. The summed E-state index contributed by atoms with van der Waals surface area (Å²) in [6.07, 6.45) is 0. The van der Waals surface area contributed by atoms with Gasteiger partial charge in [-0.3, -0.25) is 0 Å². The minimum atomic E-state index is -2.40. The quantitative estimate of drug-likeness (QED) is 0.0975. The molecule has 50 heavy (non-hydrogen) atoms. The molecule has 0 aromatic heterocycles.